The molecule has 5 aromatic rings. The van der Waals surface area contributed by atoms with Crippen molar-refractivity contribution in [1.29, 1.82) is 5.26 Å². The van der Waals surface area contributed by atoms with Crippen LogP contribution < -0.4 is 16.8 Å². The van der Waals surface area contributed by atoms with E-state index in [1.807, 2.05) is 22.9 Å². The van der Waals surface area contributed by atoms with Crippen molar-refractivity contribution < 1.29 is 9.21 Å². The summed E-state index contributed by atoms with van der Waals surface area (Å²) in [6.07, 6.45) is 1.49. The van der Waals surface area contributed by atoms with Crippen molar-refractivity contribution in [2.24, 2.45) is 0 Å². The molecule has 0 spiro atoms. The predicted octanol–water partition coefficient (Wildman–Crippen LogP) is 5.03. The number of pyridine rings is 1. The van der Waals surface area contributed by atoms with Crippen molar-refractivity contribution in [2.45, 2.75) is 0 Å². The number of nitrogens with zero attached hydrogens (tertiary/aromatic N) is 3. The fraction of sp³-hybridized carbons (Fsp3) is 0. The highest BCUT2D eigenvalue weighted by Gasteiger charge is 2.25. The van der Waals surface area contributed by atoms with Crippen LogP contribution in [0.25, 0.3) is 32.1 Å². The average Bonchev–Trinajstić information content (AvgIpc) is 3.54. The summed E-state index contributed by atoms with van der Waals surface area (Å²) in [5.41, 5.74) is 13.9. The largest absolute Gasteiger partial charge is 0.464 e. The molecule has 11 heteroatoms. The second-order valence-electron chi connectivity index (χ2n) is 6.33. The molecule has 1 amide bonds. The molecular formula is C20H12N6O2S3. The maximum Gasteiger partial charge on any atom is 0.269 e. The molecule has 0 atom stereocenters. The molecule has 0 radical (unpaired) electrons. The molecule has 0 unspecified atom stereocenters. The number of carbonyl (C=O) groups excluding carboxylic acids is 1. The number of hydrogen-bond acceptors (Lipinski definition) is 10. The van der Waals surface area contributed by atoms with Gasteiger partial charge in [-0.2, -0.15) is 5.26 Å². The third-order valence-corrected chi connectivity index (χ3v) is 7.24. The molecule has 31 heavy (non-hydrogen) atoms. The van der Waals surface area contributed by atoms with Gasteiger partial charge in [-0.05, 0) is 23.6 Å². The van der Waals surface area contributed by atoms with Gasteiger partial charge >= 0.3 is 0 Å². The van der Waals surface area contributed by atoms with Gasteiger partial charge in [-0.15, -0.1) is 34.0 Å². The van der Waals surface area contributed by atoms with E-state index in [-0.39, 0.29) is 21.9 Å². The predicted molar refractivity (Wildman–Crippen MR) is 124 cm³/mol. The summed E-state index contributed by atoms with van der Waals surface area (Å²) < 4.78 is 5.49. The standard InChI is InChI=1S/C20H12N6O2S3/c21-7-9-13(11-3-1-5-28-11)14-15(22)16(31-19(14)25-17(9)23)18(27)26-20-24-10(8-30-20)12-4-2-6-29-12/h1-6,8H,22H2,(H2,23,25)(H,24,26,27). The molecule has 5 aromatic heterocycles. The number of hydrogen-bond donors (Lipinski definition) is 3. The molecule has 0 saturated heterocycles. The highest BCUT2D eigenvalue weighted by molar-refractivity contribution is 7.21. The van der Waals surface area contributed by atoms with Crippen LogP contribution in [0.3, 0.4) is 0 Å². The first-order valence-electron chi connectivity index (χ1n) is 8.83. The molecule has 5 rings (SSSR count). The van der Waals surface area contributed by atoms with E-state index in [1.54, 1.807) is 23.5 Å². The maximum atomic E-state index is 13.0. The first-order chi connectivity index (χ1) is 15.1. The van der Waals surface area contributed by atoms with Gasteiger partial charge in [0.2, 0.25) is 0 Å². The van der Waals surface area contributed by atoms with Gasteiger partial charge in [0.15, 0.2) is 5.13 Å². The summed E-state index contributed by atoms with van der Waals surface area (Å²) in [6.45, 7) is 0. The molecule has 0 aliphatic heterocycles. The Hall–Kier alpha value is -3.72. The summed E-state index contributed by atoms with van der Waals surface area (Å²) in [4.78, 5) is 23.5. The van der Waals surface area contributed by atoms with E-state index in [0.29, 0.717) is 26.7 Å². The van der Waals surface area contributed by atoms with Gasteiger partial charge in [-0.25, -0.2) is 9.97 Å². The third kappa shape index (κ3) is 3.23. The van der Waals surface area contributed by atoms with Gasteiger partial charge in [0.05, 0.1) is 28.1 Å². The second kappa shape index (κ2) is 7.51. The second-order valence-corrected chi connectivity index (χ2v) is 9.14. The molecule has 0 fully saturated rings. The van der Waals surface area contributed by atoms with Crippen LogP contribution in [0.1, 0.15) is 15.2 Å². The van der Waals surface area contributed by atoms with Gasteiger partial charge < -0.3 is 15.9 Å². The number of amides is 1. The Balaban J connectivity index is 1.57. The van der Waals surface area contributed by atoms with E-state index >= 15 is 0 Å². The highest BCUT2D eigenvalue weighted by Crippen LogP contribution is 2.43. The number of nitrogens with two attached hydrogens (primary N) is 2. The Bertz CT molecular complexity index is 1460. The normalized spacial score (nSPS) is 10.9. The minimum absolute atomic E-state index is 0.0510. The minimum atomic E-state index is -0.407. The third-order valence-electron chi connectivity index (χ3n) is 4.49. The molecular weight excluding hydrogens is 452 g/mol. The van der Waals surface area contributed by atoms with Crippen molar-refractivity contribution in [3.05, 3.63) is 51.7 Å². The van der Waals surface area contributed by atoms with Gasteiger partial charge in [-0.3, -0.25) is 10.1 Å². The topological polar surface area (TPSA) is 144 Å². The molecule has 0 aliphatic carbocycles. The number of furan rings is 1. The molecule has 152 valence electrons. The van der Waals surface area contributed by atoms with Crippen LogP contribution in [0, 0.1) is 11.3 Å². The number of fused-ring (bicyclic) bond motifs is 1. The van der Waals surface area contributed by atoms with E-state index in [2.05, 4.69) is 21.4 Å². The first kappa shape index (κ1) is 19.3. The van der Waals surface area contributed by atoms with Crippen LogP contribution in [-0.2, 0) is 0 Å². The summed E-state index contributed by atoms with van der Waals surface area (Å²) in [5, 5.41) is 17.2. The van der Waals surface area contributed by atoms with Crippen LogP contribution in [0.5, 0.6) is 0 Å². The zero-order chi connectivity index (χ0) is 21.5. The van der Waals surface area contributed by atoms with E-state index < -0.39 is 5.91 Å². The molecule has 0 bridgehead atoms. The Morgan fingerprint density at radius 1 is 1.19 bits per heavy atom. The zero-order valence-electron chi connectivity index (χ0n) is 15.6. The van der Waals surface area contributed by atoms with Crippen LogP contribution >= 0.6 is 34.0 Å². The molecule has 0 aliphatic rings. The lowest BCUT2D eigenvalue weighted by Crippen LogP contribution is -2.11. The van der Waals surface area contributed by atoms with Gasteiger partial charge in [0.1, 0.15) is 32.9 Å². The van der Waals surface area contributed by atoms with Crippen molar-refractivity contribution in [2.75, 3.05) is 16.8 Å². The van der Waals surface area contributed by atoms with Gasteiger partial charge in [-0.1, -0.05) is 6.07 Å². The van der Waals surface area contributed by atoms with Gasteiger partial charge in [0, 0.05) is 10.8 Å². The van der Waals surface area contributed by atoms with Crippen molar-refractivity contribution in [3.63, 3.8) is 0 Å². The number of nitriles is 1. The number of aromatic nitrogens is 2. The monoisotopic (exact) mass is 464 g/mol. The van der Waals surface area contributed by atoms with Crippen LogP contribution in [0.2, 0.25) is 0 Å². The Morgan fingerprint density at radius 3 is 2.77 bits per heavy atom. The van der Waals surface area contributed by atoms with Crippen LogP contribution in [-0.4, -0.2) is 15.9 Å². The number of nitrogens with one attached hydrogen (secondary N) is 1. The SMILES string of the molecule is N#Cc1c(N)nc2sc(C(=O)Nc3nc(-c4cccs4)cs3)c(N)c2c1-c1ccco1. The number of nitrogen functional groups attached to an aromatic ring is 2. The highest BCUT2D eigenvalue weighted by atomic mass is 32.1. The zero-order valence-corrected chi connectivity index (χ0v) is 18.0. The van der Waals surface area contributed by atoms with E-state index in [4.69, 9.17) is 15.9 Å². The number of carbonyl (C=O) groups is 1. The molecule has 5 heterocycles. The van der Waals surface area contributed by atoms with Crippen molar-refractivity contribution in [1.82, 2.24) is 9.97 Å². The molecule has 5 N–H and O–H groups in total. The fourth-order valence-corrected chi connectivity index (χ4v) is 5.62. The smallest absolute Gasteiger partial charge is 0.269 e. The lowest BCUT2D eigenvalue weighted by molar-refractivity contribution is 0.103. The number of anilines is 3. The fourth-order valence-electron chi connectivity index (χ4n) is 3.14. The van der Waals surface area contributed by atoms with Crippen LogP contribution in [0.15, 0.2) is 45.7 Å². The maximum absolute atomic E-state index is 13.0. The summed E-state index contributed by atoms with van der Waals surface area (Å²) >= 11 is 4.00. The Kier molecular flexibility index (Phi) is 4.67. The number of thiazole rings is 1. The molecule has 8 nitrogen and oxygen atoms in total. The number of rotatable bonds is 4. The number of thiophene rings is 2. The van der Waals surface area contributed by atoms with E-state index in [1.165, 1.54) is 17.6 Å². The van der Waals surface area contributed by atoms with Crippen molar-refractivity contribution in [3.8, 4) is 28.0 Å². The van der Waals surface area contributed by atoms with E-state index in [9.17, 15) is 10.1 Å². The Labute approximate surface area is 187 Å². The summed E-state index contributed by atoms with van der Waals surface area (Å²) in [5.74, 6) is 0.0674. The quantitative estimate of drug-likeness (QED) is 0.338. The lowest BCUT2D eigenvalue weighted by atomic mass is 10.0. The first-order valence-corrected chi connectivity index (χ1v) is 11.4. The average molecular weight is 465 g/mol. The summed E-state index contributed by atoms with van der Waals surface area (Å²) in [6, 6.07) is 9.37. The minimum Gasteiger partial charge on any atom is -0.464 e. The molecule has 0 aromatic carbocycles. The van der Waals surface area contributed by atoms with E-state index in [0.717, 1.165) is 21.9 Å². The lowest BCUT2D eigenvalue weighted by Gasteiger charge is -2.06. The molecule has 0 saturated carbocycles. The summed E-state index contributed by atoms with van der Waals surface area (Å²) in [7, 11) is 0. The van der Waals surface area contributed by atoms with Crippen molar-refractivity contribution >= 4 is 66.8 Å². The Morgan fingerprint density at radius 2 is 2.06 bits per heavy atom. The van der Waals surface area contributed by atoms with Gasteiger partial charge in [0.25, 0.3) is 5.91 Å². The van der Waals surface area contributed by atoms with Crippen LogP contribution in [0.4, 0.5) is 16.6 Å².